The Kier molecular flexibility index (Phi) is 3.91. The van der Waals surface area contributed by atoms with Crippen LogP contribution in [0, 0.1) is 0 Å². The summed E-state index contributed by atoms with van der Waals surface area (Å²) in [5.74, 6) is -0.111. The number of aliphatic hydroxyl groups excluding tert-OH is 1. The molecule has 0 saturated heterocycles. The molecule has 0 aliphatic rings. The Morgan fingerprint density at radius 2 is 2.20 bits per heavy atom. The van der Waals surface area contributed by atoms with E-state index in [-0.39, 0.29) is 11.9 Å². The predicted octanol–water partition coefficient (Wildman–Crippen LogP) is 1.51. The molecule has 1 unspecified atom stereocenters. The molecule has 84 valence electrons. The number of amides is 1. The fraction of sp³-hybridized carbons (Fsp3) is 0.545. The molecule has 0 spiro atoms. The highest BCUT2D eigenvalue weighted by molar-refractivity contribution is 5.94. The molecular formula is C11H17NO3. The molecule has 1 aromatic heterocycles. The molecule has 1 amide bonds. The normalized spacial score (nSPS) is 12.9. The second-order valence-electron chi connectivity index (χ2n) is 3.91. The highest BCUT2D eigenvalue weighted by Gasteiger charge is 2.20. The van der Waals surface area contributed by atoms with Crippen LogP contribution in [0.15, 0.2) is 23.0 Å². The van der Waals surface area contributed by atoms with Gasteiger partial charge in [0.2, 0.25) is 0 Å². The van der Waals surface area contributed by atoms with E-state index < -0.39 is 6.10 Å². The highest BCUT2D eigenvalue weighted by atomic mass is 16.3. The third kappa shape index (κ3) is 3.09. The van der Waals surface area contributed by atoms with Gasteiger partial charge in [0.25, 0.3) is 5.91 Å². The minimum atomic E-state index is -0.525. The molecule has 0 aliphatic carbocycles. The third-order valence-electron chi connectivity index (χ3n) is 2.11. The molecule has 1 aromatic rings. The first-order chi connectivity index (χ1) is 7.02. The molecule has 1 N–H and O–H groups in total. The second-order valence-corrected chi connectivity index (χ2v) is 3.91. The van der Waals surface area contributed by atoms with Gasteiger partial charge in [0.15, 0.2) is 0 Å². The number of nitrogens with zero attached hydrogens (tertiary/aromatic N) is 1. The lowest BCUT2D eigenvalue weighted by Crippen LogP contribution is -2.41. The number of hydrogen-bond acceptors (Lipinski definition) is 3. The monoisotopic (exact) mass is 211 g/mol. The number of furan rings is 1. The zero-order chi connectivity index (χ0) is 11.4. The topological polar surface area (TPSA) is 53.7 Å². The van der Waals surface area contributed by atoms with E-state index in [0.29, 0.717) is 12.1 Å². The maximum Gasteiger partial charge on any atom is 0.257 e. The molecular weight excluding hydrogens is 194 g/mol. The van der Waals surface area contributed by atoms with E-state index in [1.807, 2.05) is 13.8 Å². The van der Waals surface area contributed by atoms with Crippen LogP contribution in [0.2, 0.25) is 0 Å². The molecule has 15 heavy (non-hydrogen) atoms. The lowest BCUT2D eigenvalue weighted by molar-refractivity contribution is 0.0578. The van der Waals surface area contributed by atoms with Crippen LogP contribution >= 0.6 is 0 Å². The number of aliphatic hydroxyl groups is 1. The lowest BCUT2D eigenvalue weighted by Gasteiger charge is -2.27. The van der Waals surface area contributed by atoms with Crippen LogP contribution in [0.25, 0.3) is 0 Å². The lowest BCUT2D eigenvalue weighted by atomic mass is 10.2. The summed E-state index contributed by atoms with van der Waals surface area (Å²) in [6.07, 6.45) is 2.36. The first kappa shape index (κ1) is 11.8. The molecule has 1 heterocycles. The van der Waals surface area contributed by atoms with Crippen molar-refractivity contribution in [1.29, 1.82) is 0 Å². The molecule has 0 aliphatic heterocycles. The average Bonchev–Trinajstić information content (AvgIpc) is 2.65. The fourth-order valence-electron chi connectivity index (χ4n) is 1.36. The van der Waals surface area contributed by atoms with Gasteiger partial charge in [0.05, 0.1) is 17.9 Å². The Morgan fingerprint density at radius 1 is 1.53 bits per heavy atom. The second kappa shape index (κ2) is 4.98. The van der Waals surface area contributed by atoms with Crippen molar-refractivity contribution in [3.63, 3.8) is 0 Å². The van der Waals surface area contributed by atoms with Gasteiger partial charge in [-0.3, -0.25) is 4.79 Å². The van der Waals surface area contributed by atoms with Crippen molar-refractivity contribution in [2.45, 2.75) is 32.9 Å². The number of rotatable bonds is 4. The highest BCUT2D eigenvalue weighted by Crippen LogP contribution is 2.09. The minimum absolute atomic E-state index is 0.0574. The van der Waals surface area contributed by atoms with Crippen LogP contribution in [0.4, 0.5) is 0 Å². The summed E-state index contributed by atoms with van der Waals surface area (Å²) >= 11 is 0. The standard InChI is InChI=1S/C11H17NO3/c1-8(2)12(6-9(3)13)11(14)10-4-5-15-7-10/h4-5,7-9,13H,6H2,1-3H3. The summed E-state index contributed by atoms with van der Waals surface area (Å²) in [6.45, 7) is 5.83. The Hall–Kier alpha value is -1.29. The van der Waals surface area contributed by atoms with Gasteiger partial charge in [-0.2, -0.15) is 0 Å². The average molecular weight is 211 g/mol. The molecule has 0 fully saturated rings. The first-order valence-electron chi connectivity index (χ1n) is 5.03. The zero-order valence-electron chi connectivity index (χ0n) is 9.30. The molecule has 0 radical (unpaired) electrons. The predicted molar refractivity (Wildman–Crippen MR) is 56.6 cm³/mol. The molecule has 1 atom stereocenters. The van der Waals surface area contributed by atoms with Gasteiger partial charge in [-0.05, 0) is 26.8 Å². The summed E-state index contributed by atoms with van der Waals surface area (Å²) < 4.78 is 4.86. The van der Waals surface area contributed by atoms with Gasteiger partial charge >= 0.3 is 0 Å². The van der Waals surface area contributed by atoms with Crippen LogP contribution in [0.3, 0.4) is 0 Å². The molecule has 0 saturated carbocycles. The Morgan fingerprint density at radius 3 is 2.60 bits per heavy atom. The summed E-state index contributed by atoms with van der Waals surface area (Å²) in [7, 11) is 0. The summed E-state index contributed by atoms with van der Waals surface area (Å²) in [6, 6.07) is 1.68. The molecule has 4 nitrogen and oxygen atoms in total. The van der Waals surface area contributed by atoms with Crippen molar-refractivity contribution >= 4 is 5.91 Å². The first-order valence-corrected chi connectivity index (χ1v) is 5.03. The SMILES string of the molecule is CC(O)CN(C(=O)c1ccoc1)C(C)C. The van der Waals surface area contributed by atoms with E-state index in [4.69, 9.17) is 4.42 Å². The maximum absolute atomic E-state index is 11.9. The van der Waals surface area contributed by atoms with Crippen molar-refractivity contribution in [2.75, 3.05) is 6.54 Å². The van der Waals surface area contributed by atoms with E-state index in [1.54, 1.807) is 17.9 Å². The van der Waals surface area contributed by atoms with Gasteiger partial charge in [0.1, 0.15) is 6.26 Å². The van der Waals surface area contributed by atoms with E-state index in [1.165, 1.54) is 12.5 Å². The van der Waals surface area contributed by atoms with Crippen molar-refractivity contribution < 1.29 is 14.3 Å². The Labute approximate surface area is 89.5 Å². The van der Waals surface area contributed by atoms with Gasteiger partial charge in [-0.15, -0.1) is 0 Å². The summed E-state index contributed by atoms with van der Waals surface area (Å²) in [5, 5.41) is 9.30. The largest absolute Gasteiger partial charge is 0.472 e. The molecule has 4 heteroatoms. The van der Waals surface area contributed by atoms with Crippen LogP contribution < -0.4 is 0 Å². The molecule has 0 aromatic carbocycles. The van der Waals surface area contributed by atoms with Crippen molar-refractivity contribution in [3.05, 3.63) is 24.2 Å². The summed E-state index contributed by atoms with van der Waals surface area (Å²) in [4.78, 5) is 13.6. The zero-order valence-corrected chi connectivity index (χ0v) is 9.30. The molecule has 0 bridgehead atoms. The number of carbonyl (C=O) groups excluding carboxylic acids is 1. The van der Waals surface area contributed by atoms with Gasteiger partial charge in [0, 0.05) is 12.6 Å². The smallest absolute Gasteiger partial charge is 0.257 e. The van der Waals surface area contributed by atoms with Crippen molar-refractivity contribution in [1.82, 2.24) is 4.90 Å². The van der Waals surface area contributed by atoms with Crippen LogP contribution in [-0.2, 0) is 0 Å². The van der Waals surface area contributed by atoms with Crippen molar-refractivity contribution in [3.8, 4) is 0 Å². The van der Waals surface area contributed by atoms with Gasteiger partial charge in [-0.25, -0.2) is 0 Å². The third-order valence-corrected chi connectivity index (χ3v) is 2.11. The number of hydrogen-bond donors (Lipinski definition) is 1. The van der Waals surface area contributed by atoms with Crippen LogP contribution in [-0.4, -0.2) is 34.6 Å². The van der Waals surface area contributed by atoms with Crippen molar-refractivity contribution in [2.24, 2.45) is 0 Å². The van der Waals surface area contributed by atoms with Gasteiger partial charge < -0.3 is 14.4 Å². The van der Waals surface area contributed by atoms with E-state index in [2.05, 4.69) is 0 Å². The van der Waals surface area contributed by atoms with Crippen LogP contribution in [0.1, 0.15) is 31.1 Å². The summed E-state index contributed by atoms with van der Waals surface area (Å²) in [5.41, 5.74) is 0.518. The molecule has 1 rings (SSSR count). The fourth-order valence-corrected chi connectivity index (χ4v) is 1.36. The van der Waals surface area contributed by atoms with Crippen LogP contribution in [0.5, 0.6) is 0 Å². The van der Waals surface area contributed by atoms with E-state index >= 15 is 0 Å². The van der Waals surface area contributed by atoms with E-state index in [0.717, 1.165) is 0 Å². The Bertz CT molecular complexity index is 304. The minimum Gasteiger partial charge on any atom is -0.472 e. The maximum atomic E-state index is 11.9. The van der Waals surface area contributed by atoms with Gasteiger partial charge in [-0.1, -0.05) is 0 Å². The van der Waals surface area contributed by atoms with E-state index in [9.17, 15) is 9.90 Å². The Balaban J connectivity index is 2.76. The quantitative estimate of drug-likeness (QED) is 0.821. The number of carbonyl (C=O) groups is 1.